The van der Waals surface area contributed by atoms with Gasteiger partial charge in [-0.05, 0) is 11.1 Å². The molecule has 6 nitrogen and oxygen atoms in total. The van der Waals surface area contributed by atoms with Gasteiger partial charge in [-0.2, -0.15) is 0 Å². The molecule has 2 amide bonds. The Morgan fingerprint density at radius 2 is 2.05 bits per heavy atom. The molecule has 4 N–H and O–H groups in total. The van der Waals surface area contributed by atoms with Crippen LogP contribution in [-0.4, -0.2) is 42.2 Å². The number of hydrogen-bond acceptors (Lipinski definition) is 4. The van der Waals surface area contributed by atoms with E-state index in [4.69, 9.17) is 5.73 Å². The van der Waals surface area contributed by atoms with E-state index < -0.39 is 6.03 Å². The Balaban J connectivity index is 1.87. The van der Waals surface area contributed by atoms with Gasteiger partial charge in [0.2, 0.25) is 0 Å². The van der Waals surface area contributed by atoms with Gasteiger partial charge in [-0.25, -0.2) is 14.8 Å². The second-order valence-electron chi connectivity index (χ2n) is 4.87. The largest absolute Gasteiger partial charge is 0.350 e. The first-order valence-electron chi connectivity index (χ1n) is 6.63. The number of primary amides is 1. The molecule has 1 aromatic rings. The Morgan fingerprint density at radius 1 is 1.32 bits per heavy atom. The molecular weight excluding hydrogens is 242 g/mol. The molecule has 102 valence electrons. The van der Waals surface area contributed by atoms with Gasteiger partial charge in [0.1, 0.15) is 6.17 Å². The zero-order valence-electron chi connectivity index (χ0n) is 10.8. The highest BCUT2D eigenvalue weighted by atomic mass is 16.2. The van der Waals surface area contributed by atoms with Crippen LogP contribution in [0, 0.1) is 0 Å². The third-order valence-corrected chi connectivity index (χ3v) is 3.70. The van der Waals surface area contributed by atoms with Crippen molar-refractivity contribution >= 4 is 6.03 Å². The summed E-state index contributed by atoms with van der Waals surface area (Å²) in [6.45, 7) is 4.11. The first-order chi connectivity index (χ1) is 9.27. The van der Waals surface area contributed by atoms with E-state index in [-0.39, 0.29) is 6.17 Å². The summed E-state index contributed by atoms with van der Waals surface area (Å²) in [5.74, 6) is 0. The highest BCUT2D eigenvalue weighted by Crippen LogP contribution is 2.29. The fraction of sp³-hybridized carbons (Fsp3) is 0.462. The van der Waals surface area contributed by atoms with Crippen LogP contribution in [-0.2, 0) is 6.54 Å². The van der Waals surface area contributed by atoms with Gasteiger partial charge in [0.05, 0.1) is 0 Å². The quantitative estimate of drug-likeness (QED) is 0.700. The van der Waals surface area contributed by atoms with Gasteiger partial charge in [-0.1, -0.05) is 24.3 Å². The minimum atomic E-state index is -0.406. The number of nitrogens with two attached hydrogens (primary N) is 1. The molecule has 0 spiro atoms. The Labute approximate surface area is 112 Å². The molecule has 1 saturated heterocycles. The van der Waals surface area contributed by atoms with E-state index in [0.717, 1.165) is 38.3 Å². The summed E-state index contributed by atoms with van der Waals surface area (Å²) < 4.78 is 0. The van der Waals surface area contributed by atoms with E-state index in [0.29, 0.717) is 0 Å². The van der Waals surface area contributed by atoms with Crippen LogP contribution >= 0.6 is 0 Å². The number of amides is 2. The van der Waals surface area contributed by atoms with Gasteiger partial charge >= 0.3 is 6.03 Å². The summed E-state index contributed by atoms with van der Waals surface area (Å²) in [6, 6.07) is 7.74. The SMILES string of the molecule is NC(=O)N(C1NCc2ccccc21)N1CCNCC1. The molecule has 0 radical (unpaired) electrons. The highest BCUT2D eigenvalue weighted by Gasteiger charge is 2.33. The minimum absolute atomic E-state index is 0.146. The zero-order valence-corrected chi connectivity index (χ0v) is 10.8. The molecule has 3 rings (SSSR count). The summed E-state index contributed by atoms with van der Waals surface area (Å²) in [6.07, 6.45) is -0.146. The van der Waals surface area contributed by atoms with Crippen LogP contribution in [0.1, 0.15) is 17.3 Å². The highest BCUT2D eigenvalue weighted by molar-refractivity contribution is 5.72. The normalized spacial score (nSPS) is 23.1. The first kappa shape index (κ1) is 12.4. The minimum Gasteiger partial charge on any atom is -0.350 e. The number of carbonyl (C=O) groups is 1. The van der Waals surface area contributed by atoms with Crippen LogP contribution in [0.5, 0.6) is 0 Å². The molecule has 1 unspecified atom stereocenters. The molecule has 19 heavy (non-hydrogen) atoms. The lowest BCUT2D eigenvalue weighted by Gasteiger charge is -2.40. The van der Waals surface area contributed by atoms with E-state index in [1.165, 1.54) is 5.56 Å². The molecule has 2 aliphatic rings. The number of urea groups is 1. The van der Waals surface area contributed by atoms with E-state index in [1.54, 1.807) is 5.01 Å². The van der Waals surface area contributed by atoms with Crippen molar-refractivity contribution in [2.75, 3.05) is 26.2 Å². The fourth-order valence-corrected chi connectivity index (χ4v) is 2.80. The molecule has 1 fully saturated rings. The van der Waals surface area contributed by atoms with Crippen LogP contribution in [0.2, 0.25) is 0 Å². The van der Waals surface area contributed by atoms with E-state index >= 15 is 0 Å². The Morgan fingerprint density at radius 3 is 2.79 bits per heavy atom. The molecule has 2 aliphatic heterocycles. The van der Waals surface area contributed by atoms with E-state index in [2.05, 4.69) is 22.8 Å². The summed E-state index contributed by atoms with van der Waals surface area (Å²) in [4.78, 5) is 11.8. The smallest absolute Gasteiger partial charge is 0.331 e. The summed E-state index contributed by atoms with van der Waals surface area (Å²) in [5, 5.41) is 10.3. The maximum absolute atomic E-state index is 11.8. The molecular formula is C13H19N5O. The van der Waals surface area contributed by atoms with Gasteiger partial charge in [0, 0.05) is 32.7 Å². The predicted molar refractivity (Wildman–Crippen MR) is 71.9 cm³/mol. The van der Waals surface area contributed by atoms with Crippen molar-refractivity contribution in [3.05, 3.63) is 35.4 Å². The lowest BCUT2D eigenvalue weighted by atomic mass is 10.1. The zero-order chi connectivity index (χ0) is 13.2. The Bertz CT molecular complexity index is 472. The van der Waals surface area contributed by atoms with Gasteiger partial charge in [-0.15, -0.1) is 0 Å². The van der Waals surface area contributed by atoms with Crippen LogP contribution in [0.3, 0.4) is 0 Å². The number of fused-ring (bicyclic) bond motifs is 1. The van der Waals surface area contributed by atoms with Crippen molar-refractivity contribution in [2.45, 2.75) is 12.7 Å². The van der Waals surface area contributed by atoms with Crippen LogP contribution < -0.4 is 16.4 Å². The monoisotopic (exact) mass is 261 g/mol. The summed E-state index contributed by atoms with van der Waals surface area (Å²) in [5.41, 5.74) is 7.96. The average Bonchev–Trinajstić information content (AvgIpc) is 2.84. The number of rotatable bonds is 2. The third kappa shape index (κ3) is 2.30. The van der Waals surface area contributed by atoms with Crippen molar-refractivity contribution in [1.82, 2.24) is 20.7 Å². The second-order valence-corrected chi connectivity index (χ2v) is 4.87. The van der Waals surface area contributed by atoms with E-state index in [1.807, 2.05) is 17.1 Å². The van der Waals surface area contributed by atoms with Crippen LogP contribution in [0.4, 0.5) is 4.79 Å². The maximum atomic E-state index is 11.8. The lowest BCUT2D eigenvalue weighted by molar-refractivity contribution is -0.0328. The number of hydrazine groups is 1. The predicted octanol–water partition coefficient (Wildman–Crippen LogP) is -0.0107. The molecule has 6 heteroatoms. The maximum Gasteiger partial charge on any atom is 0.331 e. The van der Waals surface area contributed by atoms with Crippen LogP contribution in [0.25, 0.3) is 0 Å². The molecule has 2 heterocycles. The van der Waals surface area contributed by atoms with Gasteiger partial charge < -0.3 is 11.1 Å². The molecule has 1 aromatic carbocycles. The van der Waals surface area contributed by atoms with Crippen molar-refractivity contribution in [3.63, 3.8) is 0 Å². The third-order valence-electron chi connectivity index (χ3n) is 3.70. The molecule has 0 aromatic heterocycles. The lowest BCUT2D eigenvalue weighted by Crippen LogP contribution is -2.58. The van der Waals surface area contributed by atoms with Crippen molar-refractivity contribution < 1.29 is 4.79 Å². The van der Waals surface area contributed by atoms with Gasteiger partial charge in [-0.3, -0.25) is 5.32 Å². The van der Waals surface area contributed by atoms with Crippen LogP contribution in [0.15, 0.2) is 24.3 Å². The van der Waals surface area contributed by atoms with E-state index in [9.17, 15) is 4.79 Å². The number of piperazine rings is 1. The van der Waals surface area contributed by atoms with Crippen molar-refractivity contribution in [1.29, 1.82) is 0 Å². The number of nitrogens with one attached hydrogen (secondary N) is 2. The molecule has 0 bridgehead atoms. The number of nitrogens with zero attached hydrogens (tertiary/aromatic N) is 2. The van der Waals surface area contributed by atoms with Gasteiger partial charge in [0.15, 0.2) is 0 Å². The molecule has 0 saturated carbocycles. The second kappa shape index (κ2) is 5.16. The summed E-state index contributed by atoms with van der Waals surface area (Å²) in [7, 11) is 0. The standard InChI is InChI=1S/C13H19N5O/c14-13(19)18(17-7-5-15-6-8-17)12-11-4-2-1-3-10(11)9-16-12/h1-4,12,15-16H,5-9H2,(H2,14,19). The first-order valence-corrected chi connectivity index (χ1v) is 6.63. The summed E-state index contributed by atoms with van der Waals surface area (Å²) >= 11 is 0. The van der Waals surface area contributed by atoms with Crippen molar-refractivity contribution in [2.24, 2.45) is 5.73 Å². The topological polar surface area (TPSA) is 73.6 Å². The number of hydrogen-bond donors (Lipinski definition) is 3. The molecule has 1 atom stereocenters. The number of benzene rings is 1. The van der Waals surface area contributed by atoms with Gasteiger partial charge in [0.25, 0.3) is 0 Å². The Hall–Kier alpha value is -1.63. The fourth-order valence-electron chi connectivity index (χ4n) is 2.80. The van der Waals surface area contributed by atoms with Crippen molar-refractivity contribution in [3.8, 4) is 0 Å². The molecule has 0 aliphatic carbocycles. The Kier molecular flexibility index (Phi) is 3.37. The number of carbonyl (C=O) groups excluding carboxylic acids is 1. The average molecular weight is 261 g/mol.